The number of hydrogen-bond donors (Lipinski definition) is 0. The van der Waals surface area contributed by atoms with Crippen LogP contribution in [0.1, 0.15) is 46.0 Å². The lowest BCUT2D eigenvalue weighted by Crippen LogP contribution is -2.34. The Morgan fingerprint density at radius 1 is 0.786 bits per heavy atom. The van der Waals surface area contributed by atoms with Crippen LogP contribution in [0, 0.1) is 0 Å². The maximum Gasteiger partial charge on any atom is 0.331 e. The molecule has 0 aliphatic heterocycles. The average Bonchev–Trinajstić information content (AvgIpc) is 2.59. The van der Waals surface area contributed by atoms with E-state index in [1.54, 1.807) is 0 Å². The standard InChI is InChI=1S/C6H16O2Si.C5H10/c1-5-7-9(3,4)8-6-2;1-2-4-5-3-1/h5-6H2,1-4H3;1-5H2. The largest absolute Gasteiger partial charge is 0.395 e. The van der Waals surface area contributed by atoms with Crippen molar-refractivity contribution in [1.29, 1.82) is 0 Å². The van der Waals surface area contributed by atoms with E-state index in [2.05, 4.69) is 13.1 Å². The first-order chi connectivity index (χ1) is 6.62. The second-order valence-corrected chi connectivity index (χ2v) is 7.41. The maximum absolute atomic E-state index is 5.39. The maximum atomic E-state index is 5.39. The number of rotatable bonds is 4. The lowest BCUT2D eigenvalue weighted by molar-refractivity contribution is 0.196. The molecule has 86 valence electrons. The van der Waals surface area contributed by atoms with E-state index >= 15 is 0 Å². The molecule has 0 aromatic rings. The summed E-state index contributed by atoms with van der Waals surface area (Å²) in [5.74, 6) is 0. The quantitative estimate of drug-likeness (QED) is 0.670. The predicted molar refractivity (Wildman–Crippen MR) is 63.8 cm³/mol. The Morgan fingerprint density at radius 3 is 1.29 bits per heavy atom. The smallest absolute Gasteiger partial charge is 0.331 e. The third-order valence-corrected chi connectivity index (χ3v) is 4.20. The molecule has 1 rings (SSSR count). The molecule has 0 saturated heterocycles. The van der Waals surface area contributed by atoms with E-state index < -0.39 is 8.56 Å². The molecular weight excluding hydrogens is 192 g/mol. The van der Waals surface area contributed by atoms with Crippen molar-refractivity contribution in [2.24, 2.45) is 0 Å². The molecule has 0 atom stereocenters. The van der Waals surface area contributed by atoms with Crippen LogP contribution < -0.4 is 0 Å². The number of hydrogen-bond acceptors (Lipinski definition) is 2. The normalized spacial score (nSPS) is 16.3. The molecule has 0 spiro atoms. The van der Waals surface area contributed by atoms with Crippen LogP contribution in [0.5, 0.6) is 0 Å². The summed E-state index contributed by atoms with van der Waals surface area (Å²) in [7, 11) is -1.70. The van der Waals surface area contributed by atoms with Gasteiger partial charge in [-0.1, -0.05) is 32.1 Å². The molecule has 3 heteroatoms. The summed E-state index contributed by atoms with van der Waals surface area (Å²) in [6.45, 7) is 9.62. The lowest BCUT2D eigenvalue weighted by atomic mass is 10.4. The molecule has 14 heavy (non-hydrogen) atoms. The van der Waals surface area contributed by atoms with Gasteiger partial charge in [-0.2, -0.15) is 0 Å². The highest BCUT2D eigenvalue weighted by molar-refractivity contribution is 6.64. The second kappa shape index (κ2) is 8.45. The van der Waals surface area contributed by atoms with E-state index in [-0.39, 0.29) is 0 Å². The lowest BCUT2D eigenvalue weighted by Gasteiger charge is -2.20. The summed E-state index contributed by atoms with van der Waals surface area (Å²) >= 11 is 0. The summed E-state index contributed by atoms with van der Waals surface area (Å²) in [5.41, 5.74) is 0. The fourth-order valence-corrected chi connectivity index (χ4v) is 3.09. The molecule has 1 fully saturated rings. The molecular formula is C11H26O2Si. The minimum absolute atomic E-state index is 0.763. The first-order valence-corrected chi connectivity index (χ1v) is 8.72. The molecule has 0 aromatic heterocycles. The molecule has 0 aromatic carbocycles. The Labute approximate surface area is 90.2 Å². The van der Waals surface area contributed by atoms with Crippen molar-refractivity contribution in [2.45, 2.75) is 59.0 Å². The Bertz CT molecular complexity index is 107. The van der Waals surface area contributed by atoms with Crippen LogP contribution >= 0.6 is 0 Å². The topological polar surface area (TPSA) is 18.5 Å². The van der Waals surface area contributed by atoms with Crippen molar-refractivity contribution in [3.63, 3.8) is 0 Å². The van der Waals surface area contributed by atoms with Crippen LogP contribution in [-0.4, -0.2) is 21.8 Å². The first kappa shape index (κ1) is 14.1. The molecule has 1 aliphatic carbocycles. The molecule has 0 radical (unpaired) electrons. The Balaban J connectivity index is 0.000000280. The highest BCUT2D eigenvalue weighted by Crippen LogP contribution is 2.15. The van der Waals surface area contributed by atoms with Crippen LogP contribution in [0.25, 0.3) is 0 Å². The van der Waals surface area contributed by atoms with Gasteiger partial charge < -0.3 is 8.85 Å². The fourth-order valence-electron chi connectivity index (χ4n) is 1.62. The Morgan fingerprint density at radius 2 is 1.07 bits per heavy atom. The van der Waals surface area contributed by atoms with Gasteiger partial charge in [0.25, 0.3) is 0 Å². The highest BCUT2D eigenvalue weighted by Gasteiger charge is 2.22. The van der Waals surface area contributed by atoms with Gasteiger partial charge in [-0.15, -0.1) is 0 Å². The van der Waals surface area contributed by atoms with E-state index in [1.165, 1.54) is 32.1 Å². The zero-order valence-corrected chi connectivity index (χ0v) is 11.3. The van der Waals surface area contributed by atoms with E-state index in [9.17, 15) is 0 Å². The third-order valence-electron chi connectivity index (χ3n) is 2.23. The van der Waals surface area contributed by atoms with Crippen molar-refractivity contribution >= 4 is 8.56 Å². The van der Waals surface area contributed by atoms with Crippen LogP contribution in [0.15, 0.2) is 0 Å². The summed E-state index contributed by atoms with van der Waals surface area (Å²) in [6, 6.07) is 0. The third kappa shape index (κ3) is 8.72. The summed E-state index contributed by atoms with van der Waals surface area (Å²) in [6.07, 6.45) is 7.50. The minimum Gasteiger partial charge on any atom is -0.395 e. The zero-order chi connectivity index (χ0) is 10.9. The van der Waals surface area contributed by atoms with Gasteiger partial charge in [-0.3, -0.25) is 0 Å². The minimum atomic E-state index is -1.70. The van der Waals surface area contributed by atoms with Gasteiger partial charge in [0.05, 0.1) is 0 Å². The van der Waals surface area contributed by atoms with Crippen molar-refractivity contribution in [3.05, 3.63) is 0 Å². The summed E-state index contributed by atoms with van der Waals surface area (Å²) in [4.78, 5) is 0. The first-order valence-electron chi connectivity index (χ1n) is 5.90. The fraction of sp³-hybridized carbons (Fsp3) is 1.00. The summed E-state index contributed by atoms with van der Waals surface area (Å²) in [5, 5.41) is 0. The second-order valence-electron chi connectivity index (χ2n) is 4.03. The van der Waals surface area contributed by atoms with Gasteiger partial charge in [0.1, 0.15) is 0 Å². The van der Waals surface area contributed by atoms with E-state index in [4.69, 9.17) is 8.85 Å². The average molecular weight is 218 g/mol. The van der Waals surface area contributed by atoms with Crippen molar-refractivity contribution in [2.75, 3.05) is 13.2 Å². The van der Waals surface area contributed by atoms with Gasteiger partial charge >= 0.3 is 8.56 Å². The van der Waals surface area contributed by atoms with E-state index in [0.717, 1.165) is 13.2 Å². The molecule has 0 N–H and O–H groups in total. The molecule has 1 aliphatic rings. The Hall–Kier alpha value is 0.137. The molecule has 1 saturated carbocycles. The van der Waals surface area contributed by atoms with Gasteiger partial charge in [0.15, 0.2) is 0 Å². The predicted octanol–water partition coefficient (Wildman–Crippen LogP) is 3.71. The van der Waals surface area contributed by atoms with Crippen molar-refractivity contribution in [1.82, 2.24) is 0 Å². The molecule has 2 nitrogen and oxygen atoms in total. The Kier molecular flexibility index (Phi) is 8.53. The van der Waals surface area contributed by atoms with Crippen LogP contribution in [0.4, 0.5) is 0 Å². The summed E-state index contributed by atoms with van der Waals surface area (Å²) < 4.78 is 10.8. The van der Waals surface area contributed by atoms with Crippen molar-refractivity contribution < 1.29 is 8.85 Å². The highest BCUT2D eigenvalue weighted by atomic mass is 28.4. The molecule has 0 bridgehead atoms. The van der Waals surface area contributed by atoms with Gasteiger partial charge in [0.2, 0.25) is 0 Å². The monoisotopic (exact) mass is 218 g/mol. The van der Waals surface area contributed by atoms with Gasteiger partial charge in [0, 0.05) is 13.2 Å². The zero-order valence-electron chi connectivity index (χ0n) is 10.3. The van der Waals surface area contributed by atoms with Crippen molar-refractivity contribution in [3.8, 4) is 0 Å². The SMILES string of the molecule is C1CCCC1.CCO[Si](C)(C)OCC. The van der Waals surface area contributed by atoms with Crippen LogP contribution in [0.3, 0.4) is 0 Å². The van der Waals surface area contributed by atoms with Gasteiger partial charge in [-0.25, -0.2) is 0 Å². The van der Waals surface area contributed by atoms with Gasteiger partial charge in [-0.05, 0) is 26.9 Å². The van der Waals surface area contributed by atoms with Crippen LogP contribution in [-0.2, 0) is 8.85 Å². The van der Waals surface area contributed by atoms with E-state index in [0.29, 0.717) is 0 Å². The van der Waals surface area contributed by atoms with Crippen LogP contribution in [0.2, 0.25) is 13.1 Å². The molecule has 0 amide bonds. The molecule has 0 unspecified atom stereocenters. The van der Waals surface area contributed by atoms with E-state index in [1.807, 2.05) is 13.8 Å². The molecule has 0 heterocycles.